The molecule has 0 aliphatic heterocycles. The van der Waals surface area contributed by atoms with Gasteiger partial charge in [0.05, 0.1) is 36.0 Å². The van der Waals surface area contributed by atoms with Crippen molar-refractivity contribution in [2.75, 3.05) is 11.9 Å². The van der Waals surface area contributed by atoms with Crippen molar-refractivity contribution in [2.45, 2.75) is 46.8 Å². The Morgan fingerprint density at radius 2 is 1.85 bits per heavy atom. The van der Waals surface area contributed by atoms with E-state index in [1.807, 2.05) is 26.8 Å². The summed E-state index contributed by atoms with van der Waals surface area (Å²) >= 11 is 0. The Bertz CT molecular complexity index is 853. The Morgan fingerprint density at radius 1 is 1.11 bits per heavy atom. The summed E-state index contributed by atoms with van der Waals surface area (Å²) in [5.74, 6) is 0.498. The van der Waals surface area contributed by atoms with Crippen LogP contribution in [-0.2, 0) is 4.79 Å². The molecule has 0 spiro atoms. The SMILES string of the molecule is Cc1ccc(C(C)NC(=O)CNc2cc(C#N)ccc2OC(C)C)cc1C. The summed E-state index contributed by atoms with van der Waals surface area (Å²) in [6.07, 6.45) is -0.00267. The van der Waals surface area contributed by atoms with E-state index in [9.17, 15) is 4.79 Å². The van der Waals surface area contributed by atoms with Gasteiger partial charge in [-0.15, -0.1) is 0 Å². The van der Waals surface area contributed by atoms with E-state index in [2.05, 4.69) is 42.7 Å². The molecule has 1 atom stereocenters. The molecule has 0 fully saturated rings. The quantitative estimate of drug-likeness (QED) is 0.769. The van der Waals surface area contributed by atoms with Crippen LogP contribution in [0.3, 0.4) is 0 Å². The van der Waals surface area contributed by atoms with Crippen LogP contribution in [0.4, 0.5) is 5.69 Å². The van der Waals surface area contributed by atoms with Crippen LogP contribution in [0.15, 0.2) is 36.4 Å². The molecule has 0 heterocycles. The molecule has 1 unspecified atom stereocenters. The standard InChI is InChI=1S/C22H27N3O2/c1-14(2)27-21-9-7-18(12-23)11-20(21)24-13-22(26)25-17(5)19-8-6-15(3)16(4)10-19/h6-11,14,17,24H,13H2,1-5H3,(H,25,26). The molecule has 142 valence electrons. The molecular formula is C22H27N3O2. The highest BCUT2D eigenvalue weighted by Crippen LogP contribution is 2.26. The lowest BCUT2D eigenvalue weighted by molar-refractivity contribution is -0.120. The molecule has 27 heavy (non-hydrogen) atoms. The smallest absolute Gasteiger partial charge is 0.239 e. The van der Waals surface area contributed by atoms with E-state index in [0.29, 0.717) is 17.0 Å². The average molecular weight is 365 g/mol. The topological polar surface area (TPSA) is 74.2 Å². The molecule has 0 saturated heterocycles. The van der Waals surface area contributed by atoms with Crippen molar-refractivity contribution in [3.63, 3.8) is 0 Å². The first-order chi connectivity index (χ1) is 12.8. The fraction of sp³-hybridized carbons (Fsp3) is 0.364. The molecule has 0 radical (unpaired) electrons. The summed E-state index contributed by atoms with van der Waals surface area (Å²) in [5.41, 5.74) is 4.65. The number of hydrogen-bond acceptors (Lipinski definition) is 4. The Balaban J connectivity index is 2.02. The number of nitrogens with zero attached hydrogens (tertiary/aromatic N) is 1. The Morgan fingerprint density at radius 3 is 2.48 bits per heavy atom. The third kappa shape index (κ3) is 5.75. The average Bonchev–Trinajstić information content (AvgIpc) is 2.62. The van der Waals surface area contributed by atoms with Gasteiger partial charge < -0.3 is 15.4 Å². The Hall–Kier alpha value is -3.00. The fourth-order valence-electron chi connectivity index (χ4n) is 2.68. The molecule has 0 bridgehead atoms. The zero-order chi connectivity index (χ0) is 20.0. The van der Waals surface area contributed by atoms with Crippen molar-refractivity contribution >= 4 is 11.6 Å². The zero-order valence-corrected chi connectivity index (χ0v) is 16.6. The van der Waals surface area contributed by atoms with Crippen LogP contribution in [0, 0.1) is 25.2 Å². The number of aryl methyl sites for hydroxylation is 2. The van der Waals surface area contributed by atoms with Crippen LogP contribution in [0.25, 0.3) is 0 Å². The summed E-state index contributed by atoms with van der Waals surface area (Å²) in [7, 11) is 0. The van der Waals surface area contributed by atoms with Gasteiger partial charge in [0.25, 0.3) is 0 Å². The van der Waals surface area contributed by atoms with Crippen molar-refractivity contribution in [3.05, 3.63) is 58.7 Å². The first kappa shape index (κ1) is 20.3. The number of carbonyl (C=O) groups excluding carboxylic acids is 1. The summed E-state index contributed by atoms with van der Waals surface area (Å²) in [5, 5.41) is 15.2. The molecule has 2 aromatic rings. The predicted molar refractivity (Wildman–Crippen MR) is 108 cm³/mol. The minimum atomic E-state index is -0.126. The third-order valence-electron chi connectivity index (χ3n) is 4.32. The number of nitriles is 1. The minimum absolute atomic E-state index is 0.00267. The highest BCUT2D eigenvalue weighted by molar-refractivity contribution is 5.81. The largest absolute Gasteiger partial charge is 0.489 e. The molecule has 2 rings (SSSR count). The number of amides is 1. The fourth-order valence-corrected chi connectivity index (χ4v) is 2.68. The van der Waals surface area contributed by atoms with Crippen LogP contribution in [0.1, 0.15) is 49.1 Å². The molecule has 1 amide bonds. The number of nitrogens with one attached hydrogen (secondary N) is 2. The number of hydrogen-bond donors (Lipinski definition) is 2. The van der Waals surface area contributed by atoms with Crippen LogP contribution < -0.4 is 15.4 Å². The zero-order valence-electron chi connectivity index (χ0n) is 16.6. The van der Waals surface area contributed by atoms with E-state index < -0.39 is 0 Å². The highest BCUT2D eigenvalue weighted by atomic mass is 16.5. The number of anilines is 1. The molecule has 0 aromatic heterocycles. The van der Waals surface area contributed by atoms with Gasteiger partial charge in [-0.05, 0) is 69.5 Å². The van der Waals surface area contributed by atoms with Crippen molar-refractivity contribution in [1.82, 2.24) is 5.32 Å². The molecular weight excluding hydrogens is 338 g/mol. The van der Waals surface area contributed by atoms with Crippen LogP contribution in [0.2, 0.25) is 0 Å². The maximum Gasteiger partial charge on any atom is 0.239 e. The van der Waals surface area contributed by atoms with Gasteiger partial charge >= 0.3 is 0 Å². The lowest BCUT2D eigenvalue weighted by Crippen LogP contribution is -2.32. The van der Waals surface area contributed by atoms with Gasteiger partial charge in [-0.2, -0.15) is 5.26 Å². The lowest BCUT2D eigenvalue weighted by atomic mass is 10.0. The van der Waals surface area contributed by atoms with Crippen LogP contribution >= 0.6 is 0 Å². The van der Waals surface area contributed by atoms with Gasteiger partial charge in [-0.25, -0.2) is 0 Å². The summed E-state index contributed by atoms with van der Waals surface area (Å²) in [6.45, 7) is 10.1. The van der Waals surface area contributed by atoms with Crippen molar-refractivity contribution in [1.29, 1.82) is 5.26 Å². The van der Waals surface area contributed by atoms with E-state index in [4.69, 9.17) is 10.00 Å². The van der Waals surface area contributed by atoms with E-state index in [0.717, 1.165) is 5.56 Å². The second-order valence-electron chi connectivity index (χ2n) is 6.98. The summed E-state index contributed by atoms with van der Waals surface area (Å²) in [6, 6.07) is 13.3. The van der Waals surface area contributed by atoms with Crippen molar-refractivity contribution in [3.8, 4) is 11.8 Å². The maximum atomic E-state index is 12.4. The van der Waals surface area contributed by atoms with Crippen molar-refractivity contribution in [2.24, 2.45) is 0 Å². The van der Waals surface area contributed by atoms with E-state index >= 15 is 0 Å². The first-order valence-electron chi connectivity index (χ1n) is 9.11. The van der Waals surface area contributed by atoms with Gasteiger partial charge in [0.1, 0.15) is 5.75 Å². The van der Waals surface area contributed by atoms with Gasteiger partial charge in [-0.3, -0.25) is 4.79 Å². The monoisotopic (exact) mass is 365 g/mol. The predicted octanol–water partition coefficient (Wildman–Crippen LogP) is 4.25. The van der Waals surface area contributed by atoms with Gasteiger partial charge in [0.2, 0.25) is 5.91 Å². The molecule has 0 saturated carbocycles. The molecule has 5 heteroatoms. The number of ether oxygens (including phenoxy) is 1. The number of carbonyl (C=O) groups is 1. The molecule has 0 aliphatic carbocycles. The molecule has 2 aromatic carbocycles. The van der Waals surface area contributed by atoms with E-state index in [-0.39, 0.29) is 24.6 Å². The van der Waals surface area contributed by atoms with Gasteiger partial charge in [-0.1, -0.05) is 18.2 Å². The van der Waals surface area contributed by atoms with Crippen LogP contribution in [-0.4, -0.2) is 18.6 Å². The second-order valence-corrected chi connectivity index (χ2v) is 6.98. The number of benzene rings is 2. The van der Waals surface area contributed by atoms with Gasteiger partial charge in [0.15, 0.2) is 0 Å². The van der Waals surface area contributed by atoms with E-state index in [1.165, 1.54) is 11.1 Å². The summed E-state index contributed by atoms with van der Waals surface area (Å²) < 4.78 is 5.75. The lowest BCUT2D eigenvalue weighted by Gasteiger charge is -2.18. The number of rotatable bonds is 7. The Labute approximate surface area is 161 Å². The summed E-state index contributed by atoms with van der Waals surface area (Å²) in [4.78, 5) is 12.4. The first-order valence-corrected chi connectivity index (χ1v) is 9.11. The molecule has 0 aliphatic rings. The van der Waals surface area contributed by atoms with Crippen molar-refractivity contribution < 1.29 is 9.53 Å². The highest BCUT2D eigenvalue weighted by Gasteiger charge is 2.12. The minimum Gasteiger partial charge on any atom is -0.489 e. The maximum absolute atomic E-state index is 12.4. The molecule has 5 nitrogen and oxygen atoms in total. The molecule has 2 N–H and O–H groups in total. The second kappa shape index (κ2) is 9.09. The third-order valence-corrected chi connectivity index (χ3v) is 4.32. The van der Waals surface area contributed by atoms with Crippen LogP contribution in [0.5, 0.6) is 5.75 Å². The van der Waals surface area contributed by atoms with Gasteiger partial charge in [0, 0.05) is 0 Å². The Kier molecular flexibility index (Phi) is 6.84. The normalized spacial score (nSPS) is 11.6. The van der Waals surface area contributed by atoms with E-state index in [1.54, 1.807) is 18.2 Å².